The fourth-order valence-corrected chi connectivity index (χ4v) is 8.22. The van der Waals surface area contributed by atoms with Gasteiger partial charge in [-0.05, 0) is 68.9 Å². The van der Waals surface area contributed by atoms with E-state index in [1.165, 1.54) is 52.0 Å². The van der Waals surface area contributed by atoms with Crippen LogP contribution >= 0.6 is 0 Å². The number of aromatic nitrogens is 2. The topological polar surface area (TPSA) is 126 Å². The fourth-order valence-electron chi connectivity index (χ4n) is 8.22. The molecular weight excluding hydrogens is 510 g/mol. The van der Waals surface area contributed by atoms with Gasteiger partial charge in [-0.2, -0.15) is 0 Å². The van der Waals surface area contributed by atoms with Gasteiger partial charge in [0.2, 0.25) is 5.71 Å². The number of benzene rings is 1. The number of carbonyl (C=O) groups is 2. The quantitative estimate of drug-likeness (QED) is 0.400. The van der Waals surface area contributed by atoms with E-state index >= 15 is 0 Å². The lowest BCUT2D eigenvalue weighted by Crippen LogP contribution is -2.58. The number of hydrogen-bond donors (Lipinski definition) is 2. The van der Waals surface area contributed by atoms with Crippen molar-refractivity contribution in [1.29, 1.82) is 0 Å². The molecule has 1 unspecified atom stereocenters. The molecule has 2 N–H and O–H groups in total. The van der Waals surface area contributed by atoms with E-state index < -0.39 is 29.8 Å². The molecule has 10 nitrogen and oxygen atoms in total. The van der Waals surface area contributed by atoms with Crippen molar-refractivity contribution in [3.8, 4) is 0 Å². The number of hydrogen-bond acceptors (Lipinski definition) is 7. The van der Waals surface area contributed by atoms with Crippen molar-refractivity contribution in [3.05, 3.63) is 40.3 Å². The minimum Gasteiger partial charge on any atom is -0.476 e. The van der Waals surface area contributed by atoms with E-state index in [0.29, 0.717) is 29.2 Å². The third-order valence-electron chi connectivity index (χ3n) is 9.75. The monoisotopic (exact) mass is 549 g/mol. The van der Waals surface area contributed by atoms with Crippen molar-refractivity contribution in [2.24, 2.45) is 17.0 Å². The number of rotatable bonds is 7. The third kappa shape index (κ3) is 5.13. The summed E-state index contributed by atoms with van der Waals surface area (Å²) in [6.45, 7) is -0.459. The third-order valence-corrected chi connectivity index (χ3v) is 9.75. The predicted molar refractivity (Wildman–Crippen MR) is 150 cm³/mol. The van der Waals surface area contributed by atoms with Crippen LogP contribution in [0.3, 0.4) is 0 Å². The maximum atomic E-state index is 14.0. The van der Waals surface area contributed by atoms with Gasteiger partial charge < -0.3 is 19.8 Å². The summed E-state index contributed by atoms with van der Waals surface area (Å²) in [6, 6.07) is 8.81. The van der Waals surface area contributed by atoms with Crippen molar-refractivity contribution >= 4 is 28.6 Å². The molecule has 4 fully saturated rings. The average Bonchev–Trinajstić information content (AvgIpc) is 2.94. The lowest BCUT2D eigenvalue weighted by Gasteiger charge is -2.55. The molecule has 6 atom stereocenters. The second-order valence-electron chi connectivity index (χ2n) is 12.2. The summed E-state index contributed by atoms with van der Waals surface area (Å²) in [4.78, 5) is 50.0. The molecule has 214 valence electrons. The number of nitrogens with one attached hydrogen (secondary N) is 1. The van der Waals surface area contributed by atoms with Gasteiger partial charge >= 0.3 is 5.97 Å². The number of carbonyl (C=O) groups excluding carboxylic acids is 1. The molecule has 2 saturated carbocycles. The summed E-state index contributed by atoms with van der Waals surface area (Å²) < 4.78 is 1.77. The molecule has 1 aromatic carbocycles. The molecule has 10 heteroatoms. The summed E-state index contributed by atoms with van der Waals surface area (Å²) in [6.07, 6.45) is 13.4. The Morgan fingerprint density at radius 2 is 1.65 bits per heavy atom. The van der Waals surface area contributed by atoms with Gasteiger partial charge in [0, 0.05) is 31.2 Å². The Morgan fingerprint density at radius 1 is 0.975 bits per heavy atom. The van der Waals surface area contributed by atoms with Gasteiger partial charge in [-0.25, -0.2) is 9.78 Å². The second-order valence-corrected chi connectivity index (χ2v) is 12.2. The SMILES string of the molecule is CNC(=O)CO/N=C(\C(=O)O)c1nc2ccccc2n([C@H]2C[C@H]3CCC[C@@H](C2)N3C2C[C@H]3CCC[C@@H](C2)C3)c1=O. The minimum absolute atomic E-state index is 0.0596. The van der Waals surface area contributed by atoms with E-state index in [2.05, 4.69) is 20.4 Å². The maximum absolute atomic E-state index is 14.0. The van der Waals surface area contributed by atoms with E-state index in [1.54, 1.807) is 10.6 Å². The van der Waals surface area contributed by atoms with Gasteiger partial charge in [0.25, 0.3) is 11.5 Å². The Bertz CT molecular complexity index is 1350. The highest BCUT2D eigenvalue weighted by Crippen LogP contribution is 2.47. The molecule has 4 aliphatic rings. The summed E-state index contributed by atoms with van der Waals surface area (Å²) in [5.41, 5.74) is -0.108. The van der Waals surface area contributed by atoms with Crippen LogP contribution in [-0.2, 0) is 14.4 Å². The molecule has 1 amide bonds. The van der Waals surface area contributed by atoms with Crippen LogP contribution in [0.5, 0.6) is 0 Å². The lowest BCUT2D eigenvalue weighted by molar-refractivity contribution is -0.130. The van der Waals surface area contributed by atoms with E-state index in [-0.39, 0.29) is 11.7 Å². The number of amides is 1. The predicted octanol–water partition coefficient (Wildman–Crippen LogP) is 3.47. The number of oxime groups is 1. The molecular formula is C30H39N5O5. The van der Waals surface area contributed by atoms with Crippen LogP contribution in [0.1, 0.15) is 82.4 Å². The van der Waals surface area contributed by atoms with Crippen molar-refractivity contribution in [1.82, 2.24) is 19.8 Å². The largest absolute Gasteiger partial charge is 0.476 e. The molecule has 2 saturated heterocycles. The van der Waals surface area contributed by atoms with Gasteiger partial charge in [-0.1, -0.05) is 43.0 Å². The fraction of sp³-hybridized carbons (Fsp3) is 0.633. The highest BCUT2D eigenvalue weighted by molar-refractivity contribution is 6.41. The van der Waals surface area contributed by atoms with E-state index in [9.17, 15) is 19.5 Å². The Morgan fingerprint density at radius 3 is 2.33 bits per heavy atom. The summed E-state index contributed by atoms with van der Waals surface area (Å²) >= 11 is 0. The first kappa shape index (κ1) is 26.9. The summed E-state index contributed by atoms with van der Waals surface area (Å²) in [7, 11) is 1.44. The first-order chi connectivity index (χ1) is 19.4. The first-order valence-electron chi connectivity index (χ1n) is 14.9. The molecule has 2 aliphatic carbocycles. The standard InChI is InChI=1S/C30H39N5O5/c1-31-26(36)17-40-33-28(30(38)39)27-29(37)35(25-11-3-2-10-24(25)32-27)23-15-20-8-5-9-21(16-23)34(20)22-13-18-6-4-7-19(12-18)14-22/h2-3,10-11,18-23H,4-9,12-17H2,1H3,(H,31,36)(H,38,39)/b33-28-/t18-,19+,20-,21+,22?,23+. The van der Waals surface area contributed by atoms with Crippen LogP contribution in [0.15, 0.2) is 34.2 Å². The number of carboxylic acids is 1. The minimum atomic E-state index is -1.43. The van der Waals surface area contributed by atoms with Crippen LogP contribution in [0.25, 0.3) is 11.0 Å². The molecule has 2 aromatic rings. The van der Waals surface area contributed by atoms with Crippen molar-refractivity contribution in [2.45, 2.75) is 94.8 Å². The van der Waals surface area contributed by atoms with Crippen molar-refractivity contribution < 1.29 is 19.5 Å². The molecule has 1 aromatic heterocycles. The highest BCUT2D eigenvalue weighted by atomic mass is 16.6. The lowest BCUT2D eigenvalue weighted by atomic mass is 9.68. The number of para-hydroxylation sites is 2. The maximum Gasteiger partial charge on any atom is 0.360 e. The number of nitrogens with zero attached hydrogens (tertiary/aromatic N) is 4. The van der Waals surface area contributed by atoms with Crippen LogP contribution in [0, 0.1) is 11.8 Å². The normalized spacial score (nSPS) is 30.6. The van der Waals surface area contributed by atoms with Crippen LogP contribution in [0.2, 0.25) is 0 Å². The zero-order valence-electron chi connectivity index (χ0n) is 23.1. The average molecular weight is 550 g/mol. The summed E-state index contributed by atoms with van der Waals surface area (Å²) in [5, 5.41) is 16.0. The Hall–Kier alpha value is -3.27. The van der Waals surface area contributed by atoms with E-state index in [1.807, 2.05) is 18.2 Å². The number of carboxylic acid groups (broad SMARTS) is 1. The second kappa shape index (κ2) is 11.3. The van der Waals surface area contributed by atoms with E-state index in [4.69, 9.17) is 4.84 Å². The molecule has 2 aliphatic heterocycles. The van der Waals surface area contributed by atoms with Crippen LogP contribution in [-0.4, -0.2) is 68.9 Å². The Kier molecular flexibility index (Phi) is 7.61. The van der Waals surface area contributed by atoms with Crippen molar-refractivity contribution in [3.63, 3.8) is 0 Å². The van der Waals surface area contributed by atoms with Gasteiger partial charge in [0.1, 0.15) is 0 Å². The van der Waals surface area contributed by atoms with Crippen molar-refractivity contribution in [2.75, 3.05) is 13.7 Å². The Labute approximate surface area is 233 Å². The van der Waals surface area contributed by atoms with Gasteiger partial charge in [0.15, 0.2) is 12.3 Å². The number of aliphatic carboxylic acids is 1. The first-order valence-corrected chi connectivity index (χ1v) is 14.9. The van der Waals surface area contributed by atoms with Gasteiger partial charge in [-0.15, -0.1) is 0 Å². The molecule has 0 spiro atoms. The molecule has 0 radical (unpaired) electrons. The molecule has 6 rings (SSSR count). The summed E-state index contributed by atoms with van der Waals surface area (Å²) in [5.74, 6) is -0.163. The van der Waals surface area contributed by atoms with E-state index in [0.717, 1.165) is 37.5 Å². The number of likely N-dealkylation sites (N-methyl/N-ethyl adjacent to an activating group) is 1. The highest BCUT2D eigenvalue weighted by Gasteiger charge is 2.45. The number of fused-ring (bicyclic) bond motifs is 5. The Balaban J connectivity index is 1.34. The smallest absolute Gasteiger partial charge is 0.360 e. The molecule has 4 bridgehead atoms. The van der Waals surface area contributed by atoms with Crippen LogP contribution in [0.4, 0.5) is 0 Å². The molecule has 3 heterocycles. The zero-order chi connectivity index (χ0) is 27.8. The van der Waals surface area contributed by atoms with Crippen LogP contribution < -0.4 is 10.9 Å². The van der Waals surface area contributed by atoms with Gasteiger partial charge in [-0.3, -0.25) is 14.5 Å². The zero-order valence-corrected chi connectivity index (χ0v) is 23.1. The number of piperidine rings is 2. The van der Waals surface area contributed by atoms with Gasteiger partial charge in [0.05, 0.1) is 11.0 Å². The molecule has 40 heavy (non-hydrogen) atoms.